The summed E-state index contributed by atoms with van der Waals surface area (Å²) in [6, 6.07) is 5.63. The Morgan fingerprint density at radius 3 is 2.44 bits per heavy atom. The third-order valence-corrected chi connectivity index (χ3v) is 5.94. The van der Waals surface area contributed by atoms with E-state index < -0.39 is 5.97 Å². The van der Waals surface area contributed by atoms with Gasteiger partial charge in [0.15, 0.2) is 0 Å². The van der Waals surface area contributed by atoms with Gasteiger partial charge in [-0.15, -0.1) is 0 Å². The van der Waals surface area contributed by atoms with E-state index in [0.717, 1.165) is 49.8 Å². The zero-order valence-corrected chi connectivity index (χ0v) is 15.4. The number of hydrogen-bond donors (Lipinski definition) is 1. The van der Waals surface area contributed by atoms with Crippen molar-refractivity contribution in [1.29, 1.82) is 0 Å². The van der Waals surface area contributed by atoms with Crippen molar-refractivity contribution in [3.05, 3.63) is 45.5 Å². The highest BCUT2D eigenvalue weighted by molar-refractivity contribution is 6.36. The summed E-state index contributed by atoms with van der Waals surface area (Å²) in [7, 11) is 0. The predicted molar refractivity (Wildman–Crippen MR) is 98.0 cm³/mol. The summed E-state index contributed by atoms with van der Waals surface area (Å²) in [5.74, 6) is -0.789. The number of carbonyl (C=O) groups excluding carboxylic acids is 1. The first kappa shape index (κ1) is 18.3. The second-order valence-corrected chi connectivity index (χ2v) is 7.61. The van der Waals surface area contributed by atoms with Crippen LogP contribution in [0.5, 0.6) is 0 Å². The molecule has 1 atom stereocenters. The molecule has 0 spiro atoms. The molecular formula is C19H21Cl2NO3. The van der Waals surface area contributed by atoms with Crippen LogP contribution < -0.4 is 0 Å². The van der Waals surface area contributed by atoms with E-state index in [4.69, 9.17) is 28.3 Å². The smallest absolute Gasteiger partial charge is 0.328 e. The van der Waals surface area contributed by atoms with Gasteiger partial charge in [-0.25, -0.2) is 4.79 Å². The Labute approximate surface area is 157 Å². The SMILES string of the molecule is O=C(O)C=C1CCC(N2CCC(Cc3c(Cl)cccc3Cl)C2=O)CC1. The summed E-state index contributed by atoms with van der Waals surface area (Å²) in [6.07, 6.45) is 5.88. The van der Waals surface area contributed by atoms with Gasteiger partial charge in [0, 0.05) is 34.6 Å². The summed E-state index contributed by atoms with van der Waals surface area (Å²) >= 11 is 12.5. The molecule has 6 heteroatoms. The van der Waals surface area contributed by atoms with Crippen LogP contribution in [-0.4, -0.2) is 34.5 Å². The number of carboxylic acids is 1. The summed E-state index contributed by atoms with van der Waals surface area (Å²) in [5.41, 5.74) is 1.82. The molecule has 4 nitrogen and oxygen atoms in total. The molecule has 1 aromatic carbocycles. The van der Waals surface area contributed by atoms with E-state index in [1.807, 2.05) is 4.90 Å². The van der Waals surface area contributed by atoms with Crippen molar-refractivity contribution in [3.8, 4) is 0 Å². The van der Waals surface area contributed by atoms with Crippen LogP contribution in [0, 0.1) is 5.92 Å². The lowest BCUT2D eigenvalue weighted by Gasteiger charge is -2.32. The molecule has 1 amide bonds. The summed E-state index contributed by atoms with van der Waals surface area (Å²) < 4.78 is 0. The number of carbonyl (C=O) groups is 2. The van der Waals surface area contributed by atoms with Gasteiger partial charge in [-0.3, -0.25) is 4.79 Å². The van der Waals surface area contributed by atoms with E-state index in [-0.39, 0.29) is 17.9 Å². The fourth-order valence-corrected chi connectivity index (χ4v) is 4.44. The number of hydrogen-bond acceptors (Lipinski definition) is 2. The molecule has 1 aromatic rings. The third-order valence-electron chi connectivity index (χ3n) is 5.23. The van der Waals surface area contributed by atoms with Crippen molar-refractivity contribution in [2.75, 3.05) is 6.54 Å². The number of carboxylic acid groups (broad SMARTS) is 1. The standard InChI is InChI=1S/C19H21Cl2NO3/c20-16-2-1-3-17(21)15(16)11-13-8-9-22(19(13)25)14-6-4-12(5-7-14)10-18(23)24/h1-3,10,13-14H,4-9,11H2,(H,23,24). The topological polar surface area (TPSA) is 57.6 Å². The van der Waals surface area contributed by atoms with Crippen LogP contribution in [0.3, 0.4) is 0 Å². The van der Waals surface area contributed by atoms with Gasteiger partial charge in [-0.2, -0.15) is 0 Å². The molecule has 1 saturated carbocycles. The first-order valence-electron chi connectivity index (χ1n) is 8.61. The van der Waals surface area contributed by atoms with Crippen LogP contribution in [0.15, 0.2) is 29.8 Å². The summed E-state index contributed by atoms with van der Waals surface area (Å²) in [6.45, 7) is 0.758. The van der Waals surface area contributed by atoms with Gasteiger partial charge in [-0.1, -0.05) is 34.8 Å². The Kier molecular flexibility index (Phi) is 5.70. The highest BCUT2D eigenvalue weighted by Crippen LogP contribution is 2.34. The molecular weight excluding hydrogens is 361 g/mol. The molecule has 1 heterocycles. The maximum absolute atomic E-state index is 12.8. The molecule has 1 aliphatic heterocycles. The first-order chi connectivity index (χ1) is 12.0. The highest BCUT2D eigenvalue weighted by Gasteiger charge is 2.37. The molecule has 3 rings (SSSR count). The number of benzene rings is 1. The largest absolute Gasteiger partial charge is 0.478 e. The Bertz CT molecular complexity index is 686. The first-order valence-corrected chi connectivity index (χ1v) is 9.37. The van der Waals surface area contributed by atoms with Crippen molar-refractivity contribution in [2.45, 2.75) is 44.6 Å². The quantitative estimate of drug-likeness (QED) is 0.789. The number of allylic oxidation sites excluding steroid dienone is 1. The number of likely N-dealkylation sites (tertiary alicyclic amines) is 1. The van der Waals surface area contributed by atoms with Gasteiger partial charge in [-0.05, 0) is 56.2 Å². The fourth-order valence-electron chi connectivity index (χ4n) is 3.89. The number of aliphatic carboxylic acids is 1. The minimum atomic E-state index is -0.887. The van der Waals surface area contributed by atoms with Crippen molar-refractivity contribution in [3.63, 3.8) is 0 Å². The van der Waals surface area contributed by atoms with Gasteiger partial charge in [0.05, 0.1) is 0 Å². The molecule has 0 aromatic heterocycles. The molecule has 25 heavy (non-hydrogen) atoms. The average molecular weight is 382 g/mol. The summed E-state index contributed by atoms with van der Waals surface area (Å²) in [5, 5.41) is 10.1. The third kappa shape index (κ3) is 4.18. The van der Waals surface area contributed by atoms with Gasteiger partial charge in [0.2, 0.25) is 5.91 Å². The minimum Gasteiger partial charge on any atom is -0.478 e. The number of nitrogens with zero attached hydrogens (tertiary/aromatic N) is 1. The minimum absolute atomic E-state index is 0.0756. The van der Waals surface area contributed by atoms with E-state index in [0.29, 0.717) is 16.5 Å². The van der Waals surface area contributed by atoms with Crippen LogP contribution in [-0.2, 0) is 16.0 Å². The predicted octanol–water partition coefficient (Wildman–Crippen LogP) is 4.34. The maximum Gasteiger partial charge on any atom is 0.328 e. The zero-order valence-electron chi connectivity index (χ0n) is 13.9. The van der Waals surface area contributed by atoms with E-state index in [9.17, 15) is 9.59 Å². The van der Waals surface area contributed by atoms with Crippen LogP contribution in [0.4, 0.5) is 0 Å². The Hall–Kier alpha value is -1.52. The van der Waals surface area contributed by atoms with Gasteiger partial charge in [0.25, 0.3) is 0 Å². The van der Waals surface area contributed by atoms with Crippen molar-refractivity contribution in [1.82, 2.24) is 4.90 Å². The molecule has 1 N–H and O–H groups in total. The molecule has 2 aliphatic rings. The van der Waals surface area contributed by atoms with E-state index in [1.165, 1.54) is 6.08 Å². The second kappa shape index (κ2) is 7.79. The van der Waals surface area contributed by atoms with Gasteiger partial charge >= 0.3 is 5.97 Å². The lowest BCUT2D eigenvalue weighted by Crippen LogP contribution is -2.39. The number of rotatable bonds is 4. The molecule has 0 radical (unpaired) electrons. The average Bonchev–Trinajstić information content (AvgIpc) is 2.92. The normalized spacial score (nSPS) is 23.8. The molecule has 1 saturated heterocycles. The van der Waals surface area contributed by atoms with E-state index in [2.05, 4.69) is 0 Å². The van der Waals surface area contributed by atoms with Crippen molar-refractivity contribution >= 4 is 35.1 Å². The molecule has 0 bridgehead atoms. The lowest BCUT2D eigenvalue weighted by molar-refractivity contribution is -0.133. The summed E-state index contributed by atoms with van der Waals surface area (Å²) in [4.78, 5) is 25.6. The van der Waals surface area contributed by atoms with Crippen LogP contribution in [0.1, 0.15) is 37.7 Å². The molecule has 1 aliphatic carbocycles. The highest BCUT2D eigenvalue weighted by atomic mass is 35.5. The van der Waals surface area contributed by atoms with Crippen LogP contribution in [0.2, 0.25) is 10.0 Å². The second-order valence-electron chi connectivity index (χ2n) is 6.79. The number of halogens is 2. The van der Waals surface area contributed by atoms with Gasteiger partial charge in [0.1, 0.15) is 0 Å². The number of amides is 1. The van der Waals surface area contributed by atoms with Crippen LogP contribution in [0.25, 0.3) is 0 Å². The maximum atomic E-state index is 12.8. The van der Waals surface area contributed by atoms with Crippen LogP contribution >= 0.6 is 23.2 Å². The Balaban J connectivity index is 1.62. The van der Waals surface area contributed by atoms with E-state index in [1.54, 1.807) is 18.2 Å². The van der Waals surface area contributed by atoms with Crippen molar-refractivity contribution < 1.29 is 14.7 Å². The zero-order chi connectivity index (χ0) is 18.0. The fraction of sp³-hybridized carbons (Fsp3) is 0.474. The van der Waals surface area contributed by atoms with Crippen molar-refractivity contribution in [2.24, 2.45) is 5.92 Å². The molecule has 134 valence electrons. The molecule has 1 unspecified atom stereocenters. The molecule has 2 fully saturated rings. The monoisotopic (exact) mass is 381 g/mol. The Morgan fingerprint density at radius 1 is 1.20 bits per heavy atom. The lowest BCUT2D eigenvalue weighted by atomic mass is 9.89. The van der Waals surface area contributed by atoms with Gasteiger partial charge < -0.3 is 10.0 Å². The Morgan fingerprint density at radius 2 is 1.84 bits per heavy atom. The van der Waals surface area contributed by atoms with E-state index >= 15 is 0 Å².